The number of nitrogens with one attached hydrogen (secondary N) is 2. The highest BCUT2D eigenvalue weighted by Crippen LogP contribution is 2.13. The van der Waals surface area contributed by atoms with Crippen LogP contribution in [0.5, 0.6) is 0 Å². The van der Waals surface area contributed by atoms with Crippen LogP contribution in [0.2, 0.25) is 0 Å². The van der Waals surface area contributed by atoms with Crippen molar-refractivity contribution < 1.29 is 4.74 Å². The largest absolute Gasteiger partial charge is 0.385 e. The molecule has 1 aromatic rings. The Labute approximate surface area is 128 Å². The van der Waals surface area contributed by atoms with Crippen LogP contribution in [0, 0.1) is 0 Å². The van der Waals surface area contributed by atoms with Gasteiger partial charge in [-0.25, -0.2) is 0 Å². The molecule has 112 valence electrons. The molecule has 4 heteroatoms. The number of rotatable bonds is 8. The van der Waals surface area contributed by atoms with E-state index < -0.39 is 0 Å². The molecule has 0 radical (unpaired) electrons. The first kappa shape index (κ1) is 16.9. The van der Waals surface area contributed by atoms with E-state index >= 15 is 0 Å². The van der Waals surface area contributed by atoms with Crippen LogP contribution in [0.4, 0.5) is 0 Å². The van der Waals surface area contributed by atoms with Crippen molar-refractivity contribution in [2.45, 2.75) is 38.6 Å². The highest BCUT2D eigenvalue weighted by molar-refractivity contribution is 7.80. The molecule has 0 aliphatic rings. The Balaban J connectivity index is 2.27. The van der Waals surface area contributed by atoms with Crippen molar-refractivity contribution in [3.05, 3.63) is 35.9 Å². The molecule has 0 fully saturated rings. The van der Waals surface area contributed by atoms with E-state index in [-0.39, 0.29) is 5.54 Å². The fourth-order valence-electron chi connectivity index (χ4n) is 1.93. The molecule has 1 aromatic carbocycles. The monoisotopic (exact) mass is 294 g/mol. The quantitative estimate of drug-likeness (QED) is 0.570. The van der Waals surface area contributed by atoms with Gasteiger partial charge < -0.3 is 15.4 Å². The molecular weight excluding hydrogens is 268 g/mol. The maximum absolute atomic E-state index is 5.32. The van der Waals surface area contributed by atoms with Gasteiger partial charge in [0.2, 0.25) is 0 Å². The molecule has 0 bridgehead atoms. The number of thiocarbonyl (C=S) groups is 1. The Morgan fingerprint density at radius 1 is 1.25 bits per heavy atom. The molecule has 0 aliphatic heterocycles. The number of aryl methyl sites for hydroxylation is 1. The van der Waals surface area contributed by atoms with E-state index in [1.165, 1.54) is 5.56 Å². The molecule has 3 nitrogen and oxygen atoms in total. The van der Waals surface area contributed by atoms with E-state index in [1.54, 1.807) is 7.11 Å². The fraction of sp³-hybridized carbons (Fsp3) is 0.562. The first-order valence-corrected chi connectivity index (χ1v) is 7.53. The summed E-state index contributed by atoms with van der Waals surface area (Å²) < 4.78 is 5.01. The van der Waals surface area contributed by atoms with E-state index in [0.717, 1.165) is 37.5 Å². The topological polar surface area (TPSA) is 33.3 Å². The summed E-state index contributed by atoms with van der Waals surface area (Å²) in [6, 6.07) is 10.5. The number of hydrogen-bond donors (Lipinski definition) is 2. The lowest BCUT2D eigenvalue weighted by Gasteiger charge is -2.28. The lowest BCUT2D eigenvalue weighted by Crippen LogP contribution is -2.48. The predicted octanol–water partition coefficient (Wildman–Crippen LogP) is 2.90. The van der Waals surface area contributed by atoms with Crippen LogP contribution >= 0.6 is 12.2 Å². The van der Waals surface area contributed by atoms with Gasteiger partial charge in [0.15, 0.2) is 5.11 Å². The van der Waals surface area contributed by atoms with Crippen LogP contribution in [-0.4, -0.2) is 30.9 Å². The van der Waals surface area contributed by atoms with E-state index in [9.17, 15) is 0 Å². The summed E-state index contributed by atoms with van der Waals surface area (Å²) >= 11 is 5.32. The number of hydrogen-bond acceptors (Lipinski definition) is 2. The van der Waals surface area contributed by atoms with E-state index in [4.69, 9.17) is 17.0 Å². The van der Waals surface area contributed by atoms with Crippen LogP contribution in [0.15, 0.2) is 30.3 Å². The first-order chi connectivity index (χ1) is 9.53. The number of benzene rings is 1. The molecule has 0 heterocycles. The third-order valence-electron chi connectivity index (χ3n) is 3.14. The van der Waals surface area contributed by atoms with Crippen LogP contribution in [0.1, 0.15) is 32.3 Å². The van der Waals surface area contributed by atoms with Gasteiger partial charge in [0.1, 0.15) is 0 Å². The average molecular weight is 294 g/mol. The maximum atomic E-state index is 5.32. The van der Waals surface area contributed by atoms with Crippen LogP contribution in [-0.2, 0) is 11.2 Å². The zero-order valence-corrected chi connectivity index (χ0v) is 13.6. The van der Waals surface area contributed by atoms with E-state index in [1.807, 2.05) is 6.07 Å². The Bertz CT molecular complexity index is 393. The molecule has 0 saturated carbocycles. The zero-order chi connectivity index (χ0) is 14.8. The van der Waals surface area contributed by atoms with Gasteiger partial charge >= 0.3 is 0 Å². The minimum absolute atomic E-state index is 0.0127. The van der Waals surface area contributed by atoms with Crippen molar-refractivity contribution in [3.8, 4) is 0 Å². The lowest BCUT2D eigenvalue weighted by molar-refractivity contribution is 0.195. The second-order valence-electron chi connectivity index (χ2n) is 5.60. The first-order valence-electron chi connectivity index (χ1n) is 7.12. The third-order valence-corrected chi connectivity index (χ3v) is 3.39. The zero-order valence-electron chi connectivity index (χ0n) is 12.7. The van der Waals surface area contributed by atoms with Gasteiger partial charge in [0.05, 0.1) is 0 Å². The number of methoxy groups -OCH3 is 1. The molecule has 0 saturated heterocycles. The maximum Gasteiger partial charge on any atom is 0.166 e. The third kappa shape index (κ3) is 7.46. The highest BCUT2D eigenvalue weighted by atomic mass is 32.1. The molecule has 0 amide bonds. The summed E-state index contributed by atoms with van der Waals surface area (Å²) in [7, 11) is 1.71. The molecule has 0 spiro atoms. The summed E-state index contributed by atoms with van der Waals surface area (Å²) in [5.41, 5.74) is 1.35. The Morgan fingerprint density at radius 3 is 2.60 bits per heavy atom. The van der Waals surface area contributed by atoms with Gasteiger partial charge in [-0.15, -0.1) is 0 Å². The summed E-state index contributed by atoms with van der Waals surface area (Å²) in [5.74, 6) is 0. The summed E-state index contributed by atoms with van der Waals surface area (Å²) in [6.07, 6.45) is 3.05. The minimum atomic E-state index is -0.0127. The molecular formula is C16H26N2OS. The number of ether oxygens (including phenoxy) is 1. The van der Waals surface area contributed by atoms with Crippen LogP contribution in [0.3, 0.4) is 0 Å². The predicted molar refractivity (Wildman–Crippen MR) is 89.1 cm³/mol. The van der Waals surface area contributed by atoms with Crippen molar-refractivity contribution in [3.63, 3.8) is 0 Å². The molecule has 0 unspecified atom stereocenters. The minimum Gasteiger partial charge on any atom is -0.385 e. The highest BCUT2D eigenvalue weighted by Gasteiger charge is 2.18. The van der Waals surface area contributed by atoms with Gasteiger partial charge in [0, 0.05) is 25.8 Å². The SMILES string of the molecule is COCCCNC(=S)NC(C)(C)CCc1ccccc1. The van der Waals surface area contributed by atoms with Crippen molar-refractivity contribution in [2.24, 2.45) is 0 Å². The molecule has 1 rings (SSSR count). The van der Waals surface area contributed by atoms with Gasteiger partial charge in [-0.05, 0) is 50.9 Å². The molecule has 0 atom stereocenters. The van der Waals surface area contributed by atoms with Crippen molar-refractivity contribution >= 4 is 17.3 Å². The van der Waals surface area contributed by atoms with Crippen molar-refractivity contribution in [2.75, 3.05) is 20.3 Å². The Kier molecular flexibility index (Phi) is 7.55. The second kappa shape index (κ2) is 8.93. The smallest absolute Gasteiger partial charge is 0.166 e. The molecule has 0 aliphatic carbocycles. The molecule has 2 N–H and O–H groups in total. The Hall–Kier alpha value is -1.13. The van der Waals surface area contributed by atoms with Crippen LogP contribution in [0.25, 0.3) is 0 Å². The van der Waals surface area contributed by atoms with E-state index in [0.29, 0.717) is 0 Å². The summed E-state index contributed by atoms with van der Waals surface area (Å²) in [6.45, 7) is 5.96. The van der Waals surface area contributed by atoms with Gasteiger partial charge in [0.25, 0.3) is 0 Å². The van der Waals surface area contributed by atoms with Crippen LogP contribution < -0.4 is 10.6 Å². The Morgan fingerprint density at radius 2 is 1.95 bits per heavy atom. The van der Waals surface area contributed by atoms with Gasteiger partial charge in [-0.3, -0.25) is 0 Å². The van der Waals surface area contributed by atoms with E-state index in [2.05, 4.69) is 48.7 Å². The normalized spacial score (nSPS) is 11.2. The molecule has 0 aromatic heterocycles. The molecule has 20 heavy (non-hydrogen) atoms. The fourth-order valence-corrected chi connectivity index (χ4v) is 2.31. The summed E-state index contributed by atoms with van der Waals surface area (Å²) in [4.78, 5) is 0. The average Bonchev–Trinajstić information content (AvgIpc) is 2.42. The standard InChI is InChI=1S/C16H26N2OS/c1-16(2,11-10-14-8-5-4-6-9-14)18-15(20)17-12-7-13-19-3/h4-6,8-9H,7,10-13H2,1-3H3,(H2,17,18,20). The van der Waals surface area contributed by atoms with Gasteiger partial charge in [-0.2, -0.15) is 0 Å². The summed E-state index contributed by atoms with van der Waals surface area (Å²) in [5, 5.41) is 7.32. The van der Waals surface area contributed by atoms with Crippen molar-refractivity contribution in [1.82, 2.24) is 10.6 Å². The van der Waals surface area contributed by atoms with Crippen molar-refractivity contribution in [1.29, 1.82) is 0 Å². The van der Waals surface area contributed by atoms with Gasteiger partial charge in [-0.1, -0.05) is 30.3 Å². The second-order valence-corrected chi connectivity index (χ2v) is 6.00. The lowest BCUT2D eigenvalue weighted by atomic mass is 9.95.